The standard InChI is InChI=1S/C12H15F3N2O2/c1-19-11(18)8-4-2-5-9(10(8)16)17-7-3-6-12(13,14)15/h2,4-5,17H,3,6-7,16H2,1H3. The number of benzene rings is 1. The Morgan fingerprint density at radius 1 is 1.42 bits per heavy atom. The number of ether oxygens (including phenoxy) is 1. The zero-order valence-corrected chi connectivity index (χ0v) is 10.4. The molecule has 0 atom stereocenters. The molecule has 0 unspecified atom stereocenters. The lowest BCUT2D eigenvalue weighted by Gasteiger charge is -2.12. The van der Waals surface area contributed by atoms with Gasteiger partial charge in [-0.15, -0.1) is 0 Å². The number of halogens is 3. The average molecular weight is 276 g/mol. The molecule has 1 rings (SSSR count). The van der Waals surface area contributed by atoms with Gasteiger partial charge >= 0.3 is 12.1 Å². The molecular formula is C12H15F3N2O2. The van der Waals surface area contributed by atoms with Crippen LogP contribution in [0.25, 0.3) is 0 Å². The summed E-state index contributed by atoms with van der Waals surface area (Å²) >= 11 is 0. The number of alkyl halides is 3. The molecule has 4 nitrogen and oxygen atoms in total. The van der Waals surface area contributed by atoms with E-state index >= 15 is 0 Å². The second-order valence-electron chi connectivity index (χ2n) is 3.90. The maximum atomic E-state index is 12.0. The fourth-order valence-electron chi connectivity index (χ4n) is 1.52. The largest absolute Gasteiger partial charge is 0.465 e. The van der Waals surface area contributed by atoms with Gasteiger partial charge in [0.05, 0.1) is 24.0 Å². The van der Waals surface area contributed by atoms with Crippen LogP contribution in [0.4, 0.5) is 24.5 Å². The van der Waals surface area contributed by atoms with Gasteiger partial charge in [0.25, 0.3) is 0 Å². The van der Waals surface area contributed by atoms with Crippen molar-refractivity contribution in [1.82, 2.24) is 0 Å². The molecule has 3 N–H and O–H groups in total. The molecule has 7 heteroatoms. The van der Waals surface area contributed by atoms with E-state index in [9.17, 15) is 18.0 Å². The molecule has 0 aliphatic rings. The Morgan fingerprint density at radius 2 is 2.11 bits per heavy atom. The van der Waals surface area contributed by atoms with Crippen molar-refractivity contribution in [1.29, 1.82) is 0 Å². The quantitative estimate of drug-likeness (QED) is 0.493. The van der Waals surface area contributed by atoms with Gasteiger partial charge in [-0.1, -0.05) is 6.07 Å². The van der Waals surface area contributed by atoms with E-state index < -0.39 is 18.6 Å². The van der Waals surface area contributed by atoms with Gasteiger partial charge in [0.2, 0.25) is 0 Å². The van der Waals surface area contributed by atoms with Crippen LogP contribution in [-0.4, -0.2) is 25.8 Å². The van der Waals surface area contributed by atoms with Gasteiger partial charge in [-0.2, -0.15) is 13.2 Å². The molecule has 0 fully saturated rings. The molecule has 19 heavy (non-hydrogen) atoms. The molecule has 0 bridgehead atoms. The van der Waals surface area contributed by atoms with E-state index in [0.717, 1.165) is 0 Å². The van der Waals surface area contributed by atoms with E-state index in [4.69, 9.17) is 5.73 Å². The second kappa shape index (κ2) is 6.31. The molecule has 0 radical (unpaired) electrons. The number of methoxy groups -OCH3 is 1. The van der Waals surface area contributed by atoms with Gasteiger partial charge in [0, 0.05) is 13.0 Å². The topological polar surface area (TPSA) is 64.3 Å². The van der Waals surface area contributed by atoms with Crippen molar-refractivity contribution in [2.24, 2.45) is 0 Å². The van der Waals surface area contributed by atoms with Gasteiger partial charge in [0.15, 0.2) is 0 Å². The number of carbonyl (C=O) groups is 1. The summed E-state index contributed by atoms with van der Waals surface area (Å²) in [5.74, 6) is -0.587. The zero-order valence-electron chi connectivity index (χ0n) is 10.4. The van der Waals surface area contributed by atoms with Gasteiger partial charge in [-0.3, -0.25) is 0 Å². The average Bonchev–Trinajstić information content (AvgIpc) is 2.34. The summed E-state index contributed by atoms with van der Waals surface area (Å²) in [6.07, 6.45) is -5.09. The summed E-state index contributed by atoms with van der Waals surface area (Å²) < 4.78 is 40.4. The van der Waals surface area contributed by atoms with Crippen molar-refractivity contribution in [3.8, 4) is 0 Å². The van der Waals surface area contributed by atoms with Crippen molar-refractivity contribution < 1.29 is 22.7 Å². The van der Waals surface area contributed by atoms with Crippen LogP contribution in [-0.2, 0) is 4.74 Å². The summed E-state index contributed by atoms with van der Waals surface area (Å²) in [4.78, 5) is 11.4. The molecule has 0 spiro atoms. The molecule has 1 aromatic rings. The number of nitrogens with one attached hydrogen (secondary N) is 1. The number of para-hydroxylation sites is 1. The molecule has 1 aromatic carbocycles. The maximum absolute atomic E-state index is 12.0. The van der Waals surface area contributed by atoms with Gasteiger partial charge in [-0.25, -0.2) is 4.79 Å². The first-order valence-electron chi connectivity index (χ1n) is 5.62. The van der Waals surface area contributed by atoms with E-state index in [1.807, 2.05) is 0 Å². The number of hydrogen-bond donors (Lipinski definition) is 2. The van der Waals surface area contributed by atoms with Crippen molar-refractivity contribution in [2.45, 2.75) is 19.0 Å². The van der Waals surface area contributed by atoms with Crippen molar-refractivity contribution in [3.05, 3.63) is 23.8 Å². The van der Waals surface area contributed by atoms with Crippen LogP contribution in [0.2, 0.25) is 0 Å². The Balaban J connectivity index is 2.62. The van der Waals surface area contributed by atoms with E-state index in [0.29, 0.717) is 5.69 Å². The van der Waals surface area contributed by atoms with Gasteiger partial charge in [-0.05, 0) is 18.6 Å². The molecule has 0 saturated carbocycles. The molecular weight excluding hydrogens is 261 g/mol. The van der Waals surface area contributed by atoms with E-state index in [2.05, 4.69) is 10.1 Å². The van der Waals surface area contributed by atoms with E-state index in [-0.39, 0.29) is 24.2 Å². The van der Waals surface area contributed by atoms with Crippen molar-refractivity contribution in [3.63, 3.8) is 0 Å². The minimum absolute atomic E-state index is 0.0641. The Labute approximate surface area is 108 Å². The molecule has 0 aliphatic carbocycles. The number of carbonyl (C=O) groups excluding carboxylic acids is 1. The molecule has 0 aliphatic heterocycles. The smallest absolute Gasteiger partial charge is 0.389 e. The molecule has 0 aromatic heterocycles. The highest BCUT2D eigenvalue weighted by Gasteiger charge is 2.25. The first-order chi connectivity index (χ1) is 8.85. The van der Waals surface area contributed by atoms with E-state index in [1.54, 1.807) is 12.1 Å². The van der Waals surface area contributed by atoms with E-state index in [1.165, 1.54) is 13.2 Å². The third kappa shape index (κ3) is 4.69. The number of anilines is 2. The van der Waals surface area contributed by atoms with Crippen LogP contribution < -0.4 is 11.1 Å². The Bertz CT molecular complexity index is 447. The summed E-state index contributed by atoms with van der Waals surface area (Å²) in [5, 5.41) is 2.77. The molecule has 0 saturated heterocycles. The zero-order chi connectivity index (χ0) is 14.5. The Kier molecular flexibility index (Phi) is 5.02. The fraction of sp³-hybridized carbons (Fsp3) is 0.417. The third-order valence-corrected chi connectivity index (χ3v) is 2.46. The number of nitrogen functional groups attached to an aromatic ring is 1. The summed E-state index contributed by atoms with van der Waals surface area (Å²) in [6, 6.07) is 4.66. The van der Waals surface area contributed by atoms with Crippen LogP contribution in [0.1, 0.15) is 23.2 Å². The SMILES string of the molecule is COC(=O)c1cccc(NCCCC(F)(F)F)c1N. The monoisotopic (exact) mass is 276 g/mol. The third-order valence-electron chi connectivity index (χ3n) is 2.46. The van der Waals surface area contributed by atoms with Crippen LogP contribution in [0, 0.1) is 0 Å². The predicted molar refractivity (Wildman–Crippen MR) is 66.0 cm³/mol. The molecule has 0 heterocycles. The Morgan fingerprint density at radius 3 is 2.68 bits per heavy atom. The first kappa shape index (κ1) is 15.1. The summed E-state index contributed by atoms with van der Waals surface area (Å²) in [6.45, 7) is 0.119. The van der Waals surface area contributed by atoms with Crippen LogP contribution in [0.3, 0.4) is 0 Å². The van der Waals surface area contributed by atoms with Gasteiger partial charge in [0.1, 0.15) is 0 Å². The highest BCUT2D eigenvalue weighted by molar-refractivity contribution is 5.98. The number of hydrogen-bond acceptors (Lipinski definition) is 4. The predicted octanol–water partition coefficient (Wildman–Crippen LogP) is 2.81. The minimum Gasteiger partial charge on any atom is -0.465 e. The lowest BCUT2D eigenvalue weighted by atomic mass is 10.1. The number of esters is 1. The fourth-order valence-corrected chi connectivity index (χ4v) is 1.52. The van der Waals surface area contributed by atoms with Crippen LogP contribution >= 0.6 is 0 Å². The number of nitrogens with two attached hydrogens (primary N) is 1. The number of rotatable bonds is 5. The summed E-state index contributed by atoms with van der Waals surface area (Å²) in [5.41, 5.74) is 6.52. The highest BCUT2D eigenvalue weighted by Crippen LogP contribution is 2.24. The lowest BCUT2D eigenvalue weighted by Crippen LogP contribution is -2.13. The first-order valence-corrected chi connectivity index (χ1v) is 5.62. The summed E-state index contributed by atoms with van der Waals surface area (Å²) in [7, 11) is 1.23. The van der Waals surface area contributed by atoms with Crippen molar-refractivity contribution >= 4 is 17.3 Å². The highest BCUT2D eigenvalue weighted by atomic mass is 19.4. The maximum Gasteiger partial charge on any atom is 0.389 e. The second-order valence-corrected chi connectivity index (χ2v) is 3.90. The normalized spacial score (nSPS) is 11.2. The molecule has 106 valence electrons. The van der Waals surface area contributed by atoms with Crippen LogP contribution in [0.5, 0.6) is 0 Å². The van der Waals surface area contributed by atoms with Crippen molar-refractivity contribution in [2.75, 3.05) is 24.7 Å². The van der Waals surface area contributed by atoms with Gasteiger partial charge < -0.3 is 15.8 Å². The Hall–Kier alpha value is -1.92. The van der Waals surface area contributed by atoms with Crippen LogP contribution in [0.15, 0.2) is 18.2 Å². The lowest BCUT2D eigenvalue weighted by molar-refractivity contribution is -0.134. The minimum atomic E-state index is -4.17. The molecule has 0 amide bonds.